The van der Waals surface area contributed by atoms with Gasteiger partial charge >= 0.3 is 0 Å². The molecule has 29 heavy (non-hydrogen) atoms. The van der Waals surface area contributed by atoms with Crippen LogP contribution in [0.4, 0.5) is 11.4 Å². The van der Waals surface area contributed by atoms with Crippen LogP contribution in [0, 0.1) is 5.92 Å². The van der Waals surface area contributed by atoms with E-state index in [-0.39, 0.29) is 23.9 Å². The first-order valence-electron chi connectivity index (χ1n) is 10.1. The van der Waals surface area contributed by atoms with E-state index < -0.39 is 0 Å². The number of carbonyl (C=O) groups is 1. The summed E-state index contributed by atoms with van der Waals surface area (Å²) in [5.41, 5.74) is 3.97. The van der Waals surface area contributed by atoms with Crippen LogP contribution in [0.1, 0.15) is 42.2 Å². The van der Waals surface area contributed by atoms with Gasteiger partial charge in [0.05, 0.1) is 6.04 Å². The van der Waals surface area contributed by atoms with Crippen LogP contribution in [0.5, 0.6) is 0 Å². The fraction of sp³-hybridized carbons (Fsp3) is 0.240. The second-order valence-corrected chi connectivity index (χ2v) is 8.48. The predicted molar refractivity (Wildman–Crippen MR) is 123 cm³/mol. The number of halogens is 1. The van der Waals surface area contributed by atoms with Gasteiger partial charge < -0.3 is 10.2 Å². The second kappa shape index (κ2) is 8.42. The van der Waals surface area contributed by atoms with Crippen molar-refractivity contribution in [1.29, 1.82) is 0 Å². The van der Waals surface area contributed by atoms with Crippen molar-refractivity contribution in [3.63, 3.8) is 0 Å². The molecule has 0 bridgehead atoms. The molecule has 1 N–H and O–H groups in total. The number of hydrogen-bond acceptors (Lipinski definition) is 2. The summed E-state index contributed by atoms with van der Waals surface area (Å²) in [6.07, 6.45) is 0.894. The third-order valence-corrected chi connectivity index (χ3v) is 6.35. The second-order valence-electron chi connectivity index (χ2n) is 7.56. The fourth-order valence-electron chi connectivity index (χ4n) is 4.36. The predicted octanol–water partition coefficient (Wildman–Crippen LogP) is 6.68. The van der Waals surface area contributed by atoms with E-state index in [2.05, 4.69) is 65.4 Å². The zero-order valence-electron chi connectivity index (χ0n) is 16.7. The highest BCUT2D eigenvalue weighted by Crippen LogP contribution is 2.43. The minimum absolute atomic E-state index is 0.0572. The van der Waals surface area contributed by atoms with Gasteiger partial charge in [-0.15, -0.1) is 0 Å². The first-order valence-corrected chi connectivity index (χ1v) is 10.9. The van der Waals surface area contributed by atoms with Crippen molar-refractivity contribution >= 4 is 33.2 Å². The molecule has 0 saturated carbocycles. The van der Waals surface area contributed by atoms with Gasteiger partial charge in [-0.3, -0.25) is 4.79 Å². The van der Waals surface area contributed by atoms with E-state index in [1.54, 1.807) is 0 Å². The van der Waals surface area contributed by atoms with Crippen molar-refractivity contribution in [2.45, 2.75) is 32.4 Å². The summed E-state index contributed by atoms with van der Waals surface area (Å²) >= 11 is 3.46. The molecule has 148 valence electrons. The third kappa shape index (κ3) is 3.82. The molecule has 1 amide bonds. The number of rotatable bonds is 4. The maximum absolute atomic E-state index is 13.5. The van der Waals surface area contributed by atoms with E-state index in [4.69, 9.17) is 0 Å². The lowest BCUT2D eigenvalue weighted by atomic mass is 9.80. The number of carbonyl (C=O) groups excluding carboxylic acids is 1. The highest BCUT2D eigenvalue weighted by molar-refractivity contribution is 9.10. The van der Waals surface area contributed by atoms with Gasteiger partial charge in [-0.25, -0.2) is 0 Å². The van der Waals surface area contributed by atoms with Gasteiger partial charge in [0, 0.05) is 33.4 Å². The summed E-state index contributed by atoms with van der Waals surface area (Å²) < 4.78 is 0.973. The Morgan fingerprint density at radius 2 is 1.62 bits per heavy atom. The monoisotopic (exact) mass is 448 g/mol. The molecule has 3 aromatic rings. The van der Waals surface area contributed by atoms with Crippen molar-refractivity contribution in [2.75, 3.05) is 10.2 Å². The first-order chi connectivity index (χ1) is 14.1. The summed E-state index contributed by atoms with van der Waals surface area (Å²) in [7, 11) is 0. The highest BCUT2D eigenvalue weighted by atomic mass is 79.9. The van der Waals surface area contributed by atoms with Crippen molar-refractivity contribution in [3.8, 4) is 0 Å². The zero-order valence-corrected chi connectivity index (χ0v) is 18.3. The standard InChI is InChI=1S/C25H25BrN2O/c1-3-22-17(2)24(27-20-9-5-4-6-10-20)21-11-7-8-12-23(21)28(22)25(29)18-13-15-19(26)16-14-18/h4-17,22,24,27H,3H2,1-2H3. The van der Waals surface area contributed by atoms with E-state index >= 15 is 0 Å². The Morgan fingerprint density at radius 1 is 0.966 bits per heavy atom. The normalized spacial score (nSPS) is 20.8. The minimum atomic E-state index is 0.0572. The van der Waals surface area contributed by atoms with E-state index in [0.29, 0.717) is 5.56 Å². The number of anilines is 2. The maximum atomic E-state index is 13.5. The molecule has 4 heteroatoms. The van der Waals surface area contributed by atoms with Crippen molar-refractivity contribution in [3.05, 3.63) is 94.5 Å². The van der Waals surface area contributed by atoms with E-state index in [0.717, 1.165) is 22.3 Å². The zero-order chi connectivity index (χ0) is 20.4. The van der Waals surface area contributed by atoms with E-state index in [1.165, 1.54) is 5.56 Å². The Balaban J connectivity index is 1.76. The lowest BCUT2D eigenvalue weighted by Gasteiger charge is -2.45. The molecule has 0 aromatic heterocycles. The number of nitrogens with zero attached hydrogens (tertiary/aromatic N) is 1. The molecule has 3 unspecified atom stereocenters. The van der Waals surface area contributed by atoms with Gasteiger partial charge in [0.2, 0.25) is 0 Å². The highest BCUT2D eigenvalue weighted by Gasteiger charge is 2.40. The topological polar surface area (TPSA) is 32.3 Å². The minimum Gasteiger partial charge on any atom is -0.378 e. The molecular formula is C25H25BrN2O. The number of hydrogen-bond donors (Lipinski definition) is 1. The molecular weight excluding hydrogens is 424 g/mol. The smallest absolute Gasteiger partial charge is 0.258 e. The Bertz CT molecular complexity index is 987. The van der Waals surface area contributed by atoms with Crippen molar-refractivity contribution < 1.29 is 4.79 Å². The molecule has 1 aliphatic rings. The van der Waals surface area contributed by atoms with Crippen molar-refractivity contribution in [1.82, 2.24) is 0 Å². The van der Waals surface area contributed by atoms with Gasteiger partial charge in [-0.2, -0.15) is 0 Å². The Hall–Kier alpha value is -2.59. The average Bonchev–Trinajstić information content (AvgIpc) is 2.76. The van der Waals surface area contributed by atoms with Crippen LogP contribution in [-0.4, -0.2) is 11.9 Å². The molecule has 0 spiro atoms. The fourth-order valence-corrected chi connectivity index (χ4v) is 4.62. The van der Waals surface area contributed by atoms with E-state index in [1.807, 2.05) is 53.4 Å². The number of para-hydroxylation sites is 2. The maximum Gasteiger partial charge on any atom is 0.258 e. The molecule has 0 fully saturated rings. The van der Waals surface area contributed by atoms with Crippen molar-refractivity contribution in [2.24, 2.45) is 5.92 Å². The molecule has 3 aromatic carbocycles. The SMILES string of the molecule is CCC1C(C)C(Nc2ccccc2)c2ccccc2N1C(=O)c1ccc(Br)cc1. The number of benzene rings is 3. The lowest BCUT2D eigenvalue weighted by Crippen LogP contribution is -2.50. The van der Waals surface area contributed by atoms with Gasteiger partial charge in [0.1, 0.15) is 0 Å². The summed E-state index contributed by atoms with van der Waals surface area (Å²) in [5, 5.41) is 3.71. The number of fused-ring (bicyclic) bond motifs is 1. The number of amides is 1. The van der Waals surface area contributed by atoms with E-state index in [9.17, 15) is 4.79 Å². The van der Waals surface area contributed by atoms with Crippen LogP contribution in [0.25, 0.3) is 0 Å². The Morgan fingerprint density at radius 3 is 2.31 bits per heavy atom. The summed E-state index contributed by atoms with van der Waals surface area (Å²) in [5.74, 6) is 0.316. The molecule has 4 rings (SSSR count). The van der Waals surface area contributed by atoms with Gasteiger partial charge in [-0.1, -0.05) is 66.2 Å². The third-order valence-electron chi connectivity index (χ3n) is 5.82. The molecule has 3 atom stereocenters. The largest absolute Gasteiger partial charge is 0.378 e. The molecule has 0 aliphatic carbocycles. The van der Waals surface area contributed by atoms with Gasteiger partial charge in [0.25, 0.3) is 5.91 Å². The van der Waals surface area contributed by atoms with Crippen LogP contribution >= 0.6 is 15.9 Å². The molecule has 1 heterocycles. The van der Waals surface area contributed by atoms with Crippen LogP contribution in [0.2, 0.25) is 0 Å². The molecule has 0 saturated heterocycles. The van der Waals surface area contributed by atoms with Crippen LogP contribution < -0.4 is 10.2 Å². The van der Waals surface area contributed by atoms with Gasteiger partial charge in [-0.05, 0) is 54.4 Å². The average molecular weight is 449 g/mol. The summed E-state index contributed by atoms with van der Waals surface area (Å²) in [6, 6.07) is 26.5. The summed E-state index contributed by atoms with van der Waals surface area (Å²) in [6.45, 7) is 4.41. The van der Waals surface area contributed by atoms with Crippen LogP contribution in [0.3, 0.4) is 0 Å². The van der Waals surface area contributed by atoms with Crippen LogP contribution in [0.15, 0.2) is 83.3 Å². The lowest BCUT2D eigenvalue weighted by molar-refractivity contribution is 0.0960. The number of nitrogens with one attached hydrogen (secondary N) is 1. The summed E-state index contributed by atoms with van der Waals surface area (Å²) in [4.78, 5) is 15.6. The Kier molecular flexibility index (Phi) is 5.72. The molecule has 3 nitrogen and oxygen atoms in total. The van der Waals surface area contributed by atoms with Crippen LogP contribution in [-0.2, 0) is 0 Å². The molecule has 0 radical (unpaired) electrons. The first kappa shape index (κ1) is 19.7. The molecule has 1 aliphatic heterocycles. The Labute approximate surface area is 180 Å². The quantitative estimate of drug-likeness (QED) is 0.482. The van der Waals surface area contributed by atoms with Gasteiger partial charge in [0.15, 0.2) is 0 Å².